The molecule has 282 valence electrons. The third kappa shape index (κ3) is 7.26. The minimum absolute atomic E-state index is 0.0591. The van der Waals surface area contributed by atoms with Crippen molar-refractivity contribution in [2.75, 3.05) is 19.4 Å². The molecule has 8 rings (SSSR count). The number of nitrogens with zero attached hydrogens (tertiary/aromatic N) is 5. The Morgan fingerprint density at radius 2 is 1.78 bits per heavy atom. The molecular weight excluding hydrogens is 721 g/mol. The molecule has 55 heavy (non-hydrogen) atoms. The van der Waals surface area contributed by atoms with Crippen molar-refractivity contribution < 1.29 is 28.7 Å². The van der Waals surface area contributed by atoms with Crippen LogP contribution in [0.1, 0.15) is 91.8 Å². The van der Waals surface area contributed by atoms with E-state index in [0.29, 0.717) is 48.0 Å². The lowest BCUT2D eigenvalue weighted by Crippen LogP contribution is -2.52. The smallest absolute Gasteiger partial charge is 0.270 e. The summed E-state index contributed by atoms with van der Waals surface area (Å²) in [7, 11) is 3.51. The third-order valence-corrected chi connectivity index (χ3v) is 11.4. The average molecular weight is 761 g/mol. The van der Waals surface area contributed by atoms with Crippen molar-refractivity contribution in [2.45, 2.75) is 70.3 Å². The van der Waals surface area contributed by atoms with Crippen LogP contribution in [0, 0.1) is 0 Å². The van der Waals surface area contributed by atoms with Crippen molar-refractivity contribution >= 4 is 63.5 Å². The highest BCUT2D eigenvalue weighted by Gasteiger charge is 2.40. The van der Waals surface area contributed by atoms with Gasteiger partial charge in [-0.1, -0.05) is 25.0 Å². The molecule has 0 radical (unpaired) electrons. The average Bonchev–Trinajstić information content (AvgIpc) is 3.99. The molecule has 3 aromatic heterocycles. The second-order valence-corrected chi connectivity index (χ2v) is 15.2. The van der Waals surface area contributed by atoms with E-state index in [0.717, 1.165) is 58.4 Å². The molecule has 1 unspecified atom stereocenters. The van der Waals surface area contributed by atoms with E-state index in [-0.39, 0.29) is 42.7 Å². The predicted octanol–water partition coefficient (Wildman–Crippen LogP) is 5.32. The molecule has 2 fully saturated rings. The number of rotatable bonds is 11. The summed E-state index contributed by atoms with van der Waals surface area (Å²) in [6.45, 7) is 0.899. The molecular formula is C40H40N8O6S. The molecule has 1 saturated heterocycles. The zero-order valence-electron chi connectivity index (χ0n) is 30.5. The fourth-order valence-corrected chi connectivity index (χ4v) is 8.44. The summed E-state index contributed by atoms with van der Waals surface area (Å²) in [4.78, 5) is 76.3. The fourth-order valence-electron chi connectivity index (χ4n) is 7.49. The van der Waals surface area contributed by atoms with Gasteiger partial charge in [-0.15, -0.1) is 11.3 Å². The SMILES string of the molecule is CN(C)C(=O)c1cc2cnc(Nc3ccc(C(=O)NCc4ccc(OCc5scc6c5CN(C5CCC(=O)NC5=O)C6=O)cc4)cc3)nc2n1C1CCCC1. The van der Waals surface area contributed by atoms with Crippen molar-refractivity contribution in [1.29, 1.82) is 0 Å². The lowest BCUT2D eigenvalue weighted by molar-refractivity contribution is -0.136. The Kier molecular flexibility index (Phi) is 9.78. The lowest BCUT2D eigenvalue weighted by Gasteiger charge is -2.29. The van der Waals surface area contributed by atoms with E-state index in [1.54, 1.807) is 54.8 Å². The van der Waals surface area contributed by atoms with Gasteiger partial charge in [0.05, 0.1) is 5.56 Å². The third-order valence-electron chi connectivity index (χ3n) is 10.4. The highest BCUT2D eigenvalue weighted by atomic mass is 32.1. The normalized spacial score (nSPS) is 17.0. The molecule has 15 heteroatoms. The number of hydrogen-bond acceptors (Lipinski definition) is 10. The second kappa shape index (κ2) is 15.0. The topological polar surface area (TPSA) is 168 Å². The number of thiophene rings is 1. The van der Waals surface area contributed by atoms with Gasteiger partial charge in [0.2, 0.25) is 17.8 Å². The first-order valence-electron chi connectivity index (χ1n) is 18.3. The van der Waals surface area contributed by atoms with E-state index in [4.69, 9.17) is 9.72 Å². The van der Waals surface area contributed by atoms with Gasteiger partial charge in [-0.2, -0.15) is 4.98 Å². The summed E-state index contributed by atoms with van der Waals surface area (Å²) in [5.41, 5.74) is 4.91. The summed E-state index contributed by atoms with van der Waals surface area (Å²) in [5, 5.41) is 11.1. The molecule has 5 amide bonds. The molecule has 1 aliphatic carbocycles. The number of piperidine rings is 1. The Morgan fingerprint density at radius 3 is 2.51 bits per heavy atom. The maximum atomic E-state index is 13.0. The second-order valence-electron chi connectivity index (χ2n) is 14.3. The van der Waals surface area contributed by atoms with Crippen LogP contribution in [0.4, 0.5) is 11.6 Å². The Morgan fingerprint density at radius 1 is 1.02 bits per heavy atom. The van der Waals surface area contributed by atoms with Crippen molar-refractivity contribution in [2.24, 2.45) is 0 Å². The minimum atomic E-state index is -0.653. The summed E-state index contributed by atoms with van der Waals surface area (Å²) in [6.07, 6.45) is 6.53. The molecule has 3 N–H and O–H groups in total. The zero-order valence-corrected chi connectivity index (χ0v) is 31.3. The molecule has 0 bridgehead atoms. The Balaban J connectivity index is 0.844. The Bertz CT molecular complexity index is 2310. The van der Waals surface area contributed by atoms with Crippen LogP contribution in [0.2, 0.25) is 0 Å². The first-order chi connectivity index (χ1) is 26.6. The highest BCUT2D eigenvalue weighted by Crippen LogP contribution is 2.36. The number of nitrogens with one attached hydrogen (secondary N) is 3. The summed E-state index contributed by atoms with van der Waals surface area (Å²) in [6, 6.07) is 16.0. The number of carbonyl (C=O) groups excluding carboxylic acids is 5. The van der Waals surface area contributed by atoms with Crippen LogP contribution in [-0.4, -0.2) is 74.0 Å². The van der Waals surface area contributed by atoms with E-state index >= 15 is 0 Å². The number of ether oxygens (including phenoxy) is 1. The Hall–Kier alpha value is -6.09. The van der Waals surface area contributed by atoms with Crippen LogP contribution >= 0.6 is 11.3 Å². The fraction of sp³-hybridized carbons (Fsp3) is 0.325. The number of imide groups is 1. The summed E-state index contributed by atoms with van der Waals surface area (Å²) in [5.74, 6) is -0.173. The minimum Gasteiger partial charge on any atom is -0.488 e. The number of benzene rings is 2. The van der Waals surface area contributed by atoms with E-state index in [9.17, 15) is 24.0 Å². The van der Waals surface area contributed by atoms with Gasteiger partial charge >= 0.3 is 0 Å². The van der Waals surface area contributed by atoms with Gasteiger partial charge in [0.1, 0.15) is 29.7 Å². The maximum absolute atomic E-state index is 13.0. The van der Waals surface area contributed by atoms with Crippen LogP contribution in [-0.2, 0) is 29.3 Å². The number of hydrogen-bond donors (Lipinski definition) is 3. The first-order valence-corrected chi connectivity index (χ1v) is 19.2. The van der Waals surface area contributed by atoms with Crippen LogP contribution < -0.4 is 20.7 Å². The molecule has 5 aromatic rings. The van der Waals surface area contributed by atoms with E-state index < -0.39 is 11.9 Å². The number of aromatic nitrogens is 3. The quantitative estimate of drug-likeness (QED) is 0.151. The van der Waals surface area contributed by atoms with Gasteiger partial charge < -0.3 is 29.7 Å². The van der Waals surface area contributed by atoms with Crippen molar-refractivity contribution in [3.05, 3.63) is 99.0 Å². The molecule has 14 nitrogen and oxygen atoms in total. The van der Waals surface area contributed by atoms with Gasteiger partial charge in [-0.3, -0.25) is 29.3 Å². The van der Waals surface area contributed by atoms with E-state index in [1.807, 2.05) is 30.3 Å². The van der Waals surface area contributed by atoms with Gasteiger partial charge in [0.25, 0.3) is 17.7 Å². The van der Waals surface area contributed by atoms with E-state index in [1.165, 1.54) is 16.2 Å². The van der Waals surface area contributed by atoms with Crippen LogP contribution in [0.5, 0.6) is 5.75 Å². The number of anilines is 2. The number of carbonyl (C=O) groups is 5. The molecule has 0 spiro atoms. The maximum Gasteiger partial charge on any atom is 0.270 e. The predicted molar refractivity (Wildman–Crippen MR) is 205 cm³/mol. The molecule has 1 atom stereocenters. The lowest BCUT2D eigenvalue weighted by atomic mass is 10.0. The van der Waals surface area contributed by atoms with Crippen LogP contribution in [0.15, 0.2) is 66.2 Å². The van der Waals surface area contributed by atoms with Crippen LogP contribution in [0.3, 0.4) is 0 Å². The summed E-state index contributed by atoms with van der Waals surface area (Å²) < 4.78 is 8.11. The zero-order chi connectivity index (χ0) is 38.2. The highest BCUT2D eigenvalue weighted by molar-refractivity contribution is 7.10. The first kappa shape index (κ1) is 35.9. The molecule has 2 aromatic carbocycles. The van der Waals surface area contributed by atoms with Gasteiger partial charge in [0.15, 0.2) is 0 Å². The Labute approximate surface area is 320 Å². The monoisotopic (exact) mass is 760 g/mol. The standard InChI is InChI=1S/C40H40N8O6S/c1-46(2)39(53)32-17-25-19-42-40(45-35(25)48(32)27-5-3-4-6-27)43-26-11-9-24(10-12-26)36(50)41-18-23-7-13-28(14-8-23)54-21-33-29-20-47(38(52)30(29)22-55-33)31-15-16-34(49)44-37(31)51/h7-14,17,19,22,27,31H,3-6,15-16,18,20-21H2,1-2H3,(H,41,50)(H,42,43,45)(H,44,49,51). The molecule has 5 heterocycles. The van der Waals surface area contributed by atoms with Crippen molar-refractivity contribution in [3.63, 3.8) is 0 Å². The van der Waals surface area contributed by atoms with Gasteiger partial charge in [-0.05, 0) is 67.3 Å². The van der Waals surface area contributed by atoms with Crippen LogP contribution in [0.25, 0.3) is 11.0 Å². The number of fused-ring (bicyclic) bond motifs is 2. The number of amides is 5. The van der Waals surface area contributed by atoms with Gasteiger partial charge in [0, 0.05) is 78.3 Å². The molecule has 3 aliphatic rings. The molecule has 2 aliphatic heterocycles. The van der Waals surface area contributed by atoms with Crippen molar-refractivity contribution in [3.8, 4) is 5.75 Å². The van der Waals surface area contributed by atoms with Gasteiger partial charge in [-0.25, -0.2) is 4.98 Å². The largest absolute Gasteiger partial charge is 0.488 e. The van der Waals surface area contributed by atoms with E-state index in [2.05, 4.69) is 25.5 Å². The molecule has 1 saturated carbocycles. The summed E-state index contributed by atoms with van der Waals surface area (Å²) >= 11 is 1.45. The van der Waals surface area contributed by atoms with Crippen molar-refractivity contribution in [1.82, 2.24) is 35.0 Å².